The summed E-state index contributed by atoms with van der Waals surface area (Å²) in [7, 11) is 0. The van der Waals surface area contributed by atoms with Gasteiger partial charge in [-0.3, -0.25) is 9.78 Å². The highest BCUT2D eigenvalue weighted by Gasteiger charge is 1.98. The predicted octanol–water partition coefficient (Wildman–Crippen LogP) is 1.94. The molecular weight excluding hydrogens is 162 g/mol. The van der Waals surface area contributed by atoms with E-state index in [9.17, 15) is 4.79 Å². The van der Waals surface area contributed by atoms with Crippen molar-refractivity contribution in [3.05, 3.63) is 29.1 Å². The molecule has 0 amide bonds. The fraction of sp³-hybridized carbons (Fsp3) is 0.250. The van der Waals surface area contributed by atoms with Crippen molar-refractivity contribution in [2.45, 2.75) is 12.8 Å². The van der Waals surface area contributed by atoms with Gasteiger partial charge in [-0.15, -0.1) is 11.6 Å². The van der Waals surface area contributed by atoms with Crippen molar-refractivity contribution in [1.82, 2.24) is 4.98 Å². The van der Waals surface area contributed by atoms with E-state index in [-0.39, 0.29) is 0 Å². The molecule has 0 saturated heterocycles. The van der Waals surface area contributed by atoms with Crippen LogP contribution in [0.15, 0.2) is 12.3 Å². The third-order valence-electron chi connectivity index (χ3n) is 1.51. The first-order valence-electron chi connectivity index (χ1n) is 3.24. The second-order valence-corrected chi connectivity index (χ2v) is 2.55. The molecule has 0 aliphatic rings. The summed E-state index contributed by atoms with van der Waals surface area (Å²) >= 11 is 5.60. The molecule has 0 aliphatic heterocycles. The van der Waals surface area contributed by atoms with Gasteiger partial charge >= 0.3 is 0 Å². The molecular formula is C8H8ClNO. The quantitative estimate of drug-likeness (QED) is 0.500. The van der Waals surface area contributed by atoms with Crippen LogP contribution in [0, 0.1) is 6.92 Å². The number of rotatable bonds is 2. The van der Waals surface area contributed by atoms with Crippen molar-refractivity contribution in [3.63, 3.8) is 0 Å². The number of alkyl halides is 1. The summed E-state index contributed by atoms with van der Waals surface area (Å²) in [6, 6.07) is 1.73. The highest BCUT2D eigenvalue weighted by Crippen LogP contribution is 2.09. The van der Waals surface area contributed by atoms with Gasteiger partial charge in [0.2, 0.25) is 0 Å². The van der Waals surface area contributed by atoms with Crippen LogP contribution in [0.4, 0.5) is 0 Å². The molecule has 3 heteroatoms. The highest BCUT2D eigenvalue weighted by molar-refractivity contribution is 6.17. The summed E-state index contributed by atoms with van der Waals surface area (Å²) in [4.78, 5) is 14.1. The molecule has 11 heavy (non-hydrogen) atoms. The molecule has 2 nitrogen and oxygen atoms in total. The number of aryl methyl sites for hydroxylation is 1. The molecule has 0 fully saturated rings. The average molecular weight is 170 g/mol. The number of pyridine rings is 1. The van der Waals surface area contributed by atoms with Crippen LogP contribution in [-0.2, 0) is 5.88 Å². The van der Waals surface area contributed by atoms with Gasteiger partial charge in [0, 0.05) is 12.1 Å². The standard InChI is InChI=1S/C8H8ClNO/c1-6-2-8(5-11)10-4-7(6)3-9/h2,4-5H,3H2,1H3. The second-order valence-electron chi connectivity index (χ2n) is 2.29. The van der Waals surface area contributed by atoms with Crippen molar-refractivity contribution < 1.29 is 4.79 Å². The number of aromatic nitrogens is 1. The van der Waals surface area contributed by atoms with Crippen LogP contribution < -0.4 is 0 Å². The Balaban J connectivity index is 3.09. The topological polar surface area (TPSA) is 30.0 Å². The zero-order valence-electron chi connectivity index (χ0n) is 6.17. The maximum absolute atomic E-state index is 10.3. The minimum Gasteiger partial charge on any atom is -0.296 e. The molecule has 0 radical (unpaired) electrons. The molecule has 58 valence electrons. The van der Waals surface area contributed by atoms with E-state index in [0.29, 0.717) is 11.6 Å². The van der Waals surface area contributed by atoms with Gasteiger partial charge in [0.05, 0.1) is 0 Å². The third-order valence-corrected chi connectivity index (χ3v) is 1.79. The van der Waals surface area contributed by atoms with E-state index in [4.69, 9.17) is 11.6 Å². The molecule has 0 aromatic carbocycles. The molecule has 0 atom stereocenters. The smallest absolute Gasteiger partial charge is 0.168 e. The number of aldehydes is 1. The normalized spacial score (nSPS) is 9.64. The number of carbonyl (C=O) groups is 1. The van der Waals surface area contributed by atoms with E-state index >= 15 is 0 Å². The van der Waals surface area contributed by atoms with Crippen molar-refractivity contribution in [1.29, 1.82) is 0 Å². The van der Waals surface area contributed by atoms with Crippen LogP contribution in [-0.4, -0.2) is 11.3 Å². The Kier molecular flexibility index (Phi) is 2.60. The highest BCUT2D eigenvalue weighted by atomic mass is 35.5. The van der Waals surface area contributed by atoms with Crippen LogP contribution in [0.5, 0.6) is 0 Å². The van der Waals surface area contributed by atoms with Crippen LogP contribution in [0.25, 0.3) is 0 Å². The molecule has 0 N–H and O–H groups in total. The maximum atomic E-state index is 10.3. The fourth-order valence-corrected chi connectivity index (χ4v) is 1.09. The summed E-state index contributed by atoms with van der Waals surface area (Å²) in [5, 5.41) is 0. The van der Waals surface area contributed by atoms with Crippen molar-refractivity contribution in [2.75, 3.05) is 0 Å². The summed E-state index contributed by atoms with van der Waals surface area (Å²) in [5.41, 5.74) is 2.44. The number of carbonyl (C=O) groups excluding carboxylic acids is 1. The van der Waals surface area contributed by atoms with Gasteiger partial charge in [-0.05, 0) is 24.1 Å². The first kappa shape index (κ1) is 8.21. The lowest BCUT2D eigenvalue weighted by molar-refractivity contribution is 0.111. The zero-order valence-corrected chi connectivity index (χ0v) is 6.93. The molecule has 0 spiro atoms. The first-order valence-corrected chi connectivity index (χ1v) is 3.78. The van der Waals surface area contributed by atoms with Gasteiger partial charge in [-0.1, -0.05) is 0 Å². The van der Waals surface area contributed by atoms with E-state index in [0.717, 1.165) is 17.4 Å². The largest absolute Gasteiger partial charge is 0.296 e. The summed E-state index contributed by atoms with van der Waals surface area (Å²) in [5.74, 6) is 0.442. The van der Waals surface area contributed by atoms with E-state index in [1.54, 1.807) is 12.3 Å². The lowest BCUT2D eigenvalue weighted by atomic mass is 10.1. The number of nitrogens with zero attached hydrogens (tertiary/aromatic N) is 1. The predicted molar refractivity (Wildman–Crippen MR) is 43.9 cm³/mol. The van der Waals surface area contributed by atoms with E-state index in [1.165, 1.54) is 0 Å². The van der Waals surface area contributed by atoms with Crippen LogP contribution in [0.1, 0.15) is 21.6 Å². The van der Waals surface area contributed by atoms with Crippen molar-refractivity contribution >= 4 is 17.9 Å². The minimum atomic E-state index is 0.442. The van der Waals surface area contributed by atoms with E-state index < -0.39 is 0 Å². The van der Waals surface area contributed by atoms with E-state index in [1.807, 2.05) is 6.92 Å². The molecule has 0 aliphatic carbocycles. The SMILES string of the molecule is Cc1cc(C=O)ncc1CCl. The Morgan fingerprint density at radius 2 is 2.45 bits per heavy atom. The first-order chi connectivity index (χ1) is 5.27. The zero-order chi connectivity index (χ0) is 8.27. The Bertz CT molecular complexity index is 273. The fourth-order valence-electron chi connectivity index (χ4n) is 0.810. The lowest BCUT2D eigenvalue weighted by Gasteiger charge is -1.99. The van der Waals surface area contributed by atoms with Crippen molar-refractivity contribution in [3.8, 4) is 0 Å². The Hall–Kier alpha value is -0.890. The average Bonchev–Trinajstić information content (AvgIpc) is 2.04. The van der Waals surface area contributed by atoms with Crippen LogP contribution in [0.3, 0.4) is 0 Å². The Labute approximate surface area is 70.2 Å². The second kappa shape index (κ2) is 3.49. The molecule has 1 aromatic heterocycles. The van der Waals surface area contributed by atoms with Crippen molar-refractivity contribution in [2.24, 2.45) is 0 Å². The third kappa shape index (κ3) is 1.77. The molecule has 1 aromatic rings. The molecule has 1 rings (SSSR count). The summed E-state index contributed by atoms with van der Waals surface area (Å²) < 4.78 is 0. The summed E-state index contributed by atoms with van der Waals surface area (Å²) in [6.07, 6.45) is 2.36. The number of hydrogen-bond donors (Lipinski definition) is 0. The van der Waals surface area contributed by atoms with Gasteiger partial charge in [-0.25, -0.2) is 0 Å². The van der Waals surface area contributed by atoms with Gasteiger partial charge in [0.1, 0.15) is 5.69 Å². The molecule has 1 heterocycles. The molecule has 0 saturated carbocycles. The maximum Gasteiger partial charge on any atom is 0.168 e. The Morgan fingerprint density at radius 3 is 2.91 bits per heavy atom. The van der Waals surface area contributed by atoms with Gasteiger partial charge in [-0.2, -0.15) is 0 Å². The van der Waals surface area contributed by atoms with Gasteiger partial charge < -0.3 is 0 Å². The van der Waals surface area contributed by atoms with Crippen LogP contribution in [0.2, 0.25) is 0 Å². The number of halogens is 1. The van der Waals surface area contributed by atoms with Crippen LogP contribution >= 0.6 is 11.6 Å². The molecule has 0 bridgehead atoms. The van der Waals surface area contributed by atoms with E-state index in [2.05, 4.69) is 4.98 Å². The van der Waals surface area contributed by atoms with Gasteiger partial charge in [0.25, 0.3) is 0 Å². The summed E-state index contributed by atoms with van der Waals surface area (Å²) in [6.45, 7) is 1.91. The minimum absolute atomic E-state index is 0.442. The lowest BCUT2D eigenvalue weighted by Crippen LogP contribution is -1.92. The monoisotopic (exact) mass is 169 g/mol. The Morgan fingerprint density at radius 1 is 1.73 bits per heavy atom. The number of hydrogen-bond acceptors (Lipinski definition) is 2. The van der Waals surface area contributed by atoms with Gasteiger partial charge in [0.15, 0.2) is 6.29 Å². The molecule has 0 unspecified atom stereocenters.